The molecule has 0 spiro atoms. The molecule has 5 nitrogen and oxygen atoms in total. The quantitative estimate of drug-likeness (QED) is 0.828. The van der Waals surface area contributed by atoms with Gasteiger partial charge in [-0.15, -0.1) is 12.4 Å². The molecular formula is C13H18ClN5. The maximum atomic E-state index is 6.01. The van der Waals surface area contributed by atoms with Crippen molar-refractivity contribution < 1.29 is 0 Å². The van der Waals surface area contributed by atoms with E-state index in [1.807, 2.05) is 24.3 Å². The number of piperidine rings is 1. The van der Waals surface area contributed by atoms with Crippen molar-refractivity contribution in [2.24, 2.45) is 5.73 Å². The summed E-state index contributed by atoms with van der Waals surface area (Å²) < 4.78 is 0. The molecule has 0 radical (unpaired) electrons. The molecule has 1 aromatic heterocycles. The van der Waals surface area contributed by atoms with Gasteiger partial charge in [-0.3, -0.25) is 0 Å². The molecule has 1 unspecified atom stereocenters. The molecule has 0 bridgehead atoms. The Morgan fingerprint density at radius 2 is 1.84 bits per heavy atom. The summed E-state index contributed by atoms with van der Waals surface area (Å²) in [6.07, 6.45) is 2.15. The predicted octanol–water partition coefficient (Wildman–Crippen LogP) is 1.56. The summed E-state index contributed by atoms with van der Waals surface area (Å²) in [5.41, 5.74) is 13.7. The van der Waals surface area contributed by atoms with Gasteiger partial charge in [0.25, 0.3) is 0 Å². The highest BCUT2D eigenvalue weighted by atomic mass is 35.5. The molecule has 1 fully saturated rings. The lowest BCUT2D eigenvalue weighted by molar-refractivity contribution is 0.503. The number of para-hydroxylation sites is 2. The second kappa shape index (κ2) is 5.59. The van der Waals surface area contributed by atoms with Crippen molar-refractivity contribution in [2.75, 3.05) is 23.7 Å². The van der Waals surface area contributed by atoms with E-state index in [4.69, 9.17) is 11.5 Å². The summed E-state index contributed by atoms with van der Waals surface area (Å²) in [6, 6.07) is 7.97. The molecule has 0 saturated carbocycles. The maximum absolute atomic E-state index is 6.01. The van der Waals surface area contributed by atoms with Gasteiger partial charge in [0, 0.05) is 19.1 Å². The number of benzene rings is 1. The van der Waals surface area contributed by atoms with E-state index in [-0.39, 0.29) is 18.4 Å². The molecule has 1 aliphatic heterocycles. The Labute approximate surface area is 118 Å². The van der Waals surface area contributed by atoms with Crippen LogP contribution in [0.3, 0.4) is 0 Å². The molecule has 1 aliphatic rings. The van der Waals surface area contributed by atoms with Crippen LogP contribution in [0.2, 0.25) is 0 Å². The van der Waals surface area contributed by atoms with Gasteiger partial charge in [-0.05, 0) is 25.0 Å². The first-order chi connectivity index (χ1) is 8.74. The number of rotatable bonds is 1. The van der Waals surface area contributed by atoms with Crippen LogP contribution in [0.5, 0.6) is 0 Å². The van der Waals surface area contributed by atoms with E-state index in [1.165, 1.54) is 0 Å². The van der Waals surface area contributed by atoms with Gasteiger partial charge in [-0.2, -0.15) is 0 Å². The van der Waals surface area contributed by atoms with E-state index in [0.717, 1.165) is 42.8 Å². The van der Waals surface area contributed by atoms with Gasteiger partial charge in [-0.25, -0.2) is 9.97 Å². The minimum absolute atomic E-state index is 0. The van der Waals surface area contributed by atoms with Crippen molar-refractivity contribution >= 4 is 35.1 Å². The average Bonchev–Trinajstić information content (AvgIpc) is 2.38. The molecule has 19 heavy (non-hydrogen) atoms. The van der Waals surface area contributed by atoms with Crippen molar-refractivity contribution in [1.82, 2.24) is 9.97 Å². The number of nitrogen functional groups attached to an aromatic ring is 1. The van der Waals surface area contributed by atoms with Crippen LogP contribution in [0.4, 0.5) is 11.6 Å². The second-order valence-electron chi connectivity index (χ2n) is 4.77. The highest BCUT2D eigenvalue weighted by molar-refractivity contribution is 5.85. The molecule has 0 aliphatic carbocycles. The highest BCUT2D eigenvalue weighted by Crippen LogP contribution is 2.24. The Bertz CT molecular complexity index is 574. The van der Waals surface area contributed by atoms with Gasteiger partial charge >= 0.3 is 0 Å². The summed E-state index contributed by atoms with van der Waals surface area (Å²) in [5, 5.41) is 0. The van der Waals surface area contributed by atoms with Gasteiger partial charge in [-0.1, -0.05) is 12.1 Å². The number of halogens is 1. The normalized spacial score (nSPS) is 19.2. The summed E-state index contributed by atoms with van der Waals surface area (Å²) in [5.74, 6) is 1.26. The predicted molar refractivity (Wildman–Crippen MR) is 80.6 cm³/mol. The molecule has 2 aromatic rings. The first kappa shape index (κ1) is 13.8. The number of fused-ring (bicyclic) bond motifs is 1. The van der Waals surface area contributed by atoms with Crippen molar-refractivity contribution in [3.8, 4) is 0 Å². The van der Waals surface area contributed by atoms with Crippen LogP contribution in [0, 0.1) is 0 Å². The zero-order valence-corrected chi connectivity index (χ0v) is 11.4. The highest BCUT2D eigenvalue weighted by Gasteiger charge is 2.20. The van der Waals surface area contributed by atoms with Crippen molar-refractivity contribution in [2.45, 2.75) is 18.9 Å². The number of anilines is 2. The van der Waals surface area contributed by atoms with Gasteiger partial charge in [0.1, 0.15) is 0 Å². The lowest BCUT2D eigenvalue weighted by Crippen LogP contribution is -2.43. The molecule has 4 N–H and O–H groups in total. The molecule has 0 amide bonds. The molecule has 6 heteroatoms. The first-order valence-corrected chi connectivity index (χ1v) is 6.27. The summed E-state index contributed by atoms with van der Waals surface area (Å²) in [6.45, 7) is 1.75. The summed E-state index contributed by atoms with van der Waals surface area (Å²) >= 11 is 0. The Hall–Kier alpha value is -1.59. The van der Waals surface area contributed by atoms with Crippen LogP contribution in [0.15, 0.2) is 24.3 Å². The molecular weight excluding hydrogens is 262 g/mol. The third-order valence-corrected chi connectivity index (χ3v) is 3.34. The lowest BCUT2D eigenvalue weighted by Gasteiger charge is -2.32. The Kier molecular flexibility index (Phi) is 4.07. The number of hydrogen-bond donors (Lipinski definition) is 2. The van der Waals surface area contributed by atoms with Gasteiger partial charge in [0.2, 0.25) is 0 Å². The number of nitrogens with zero attached hydrogens (tertiary/aromatic N) is 3. The largest absolute Gasteiger partial charge is 0.381 e. The third-order valence-electron chi connectivity index (χ3n) is 3.34. The van der Waals surface area contributed by atoms with Crippen LogP contribution in [-0.4, -0.2) is 29.1 Å². The van der Waals surface area contributed by atoms with Gasteiger partial charge < -0.3 is 16.4 Å². The molecule has 1 atom stereocenters. The Morgan fingerprint density at radius 1 is 1.16 bits per heavy atom. The van der Waals surface area contributed by atoms with Gasteiger partial charge in [0.05, 0.1) is 11.0 Å². The Morgan fingerprint density at radius 3 is 2.53 bits per heavy atom. The topological polar surface area (TPSA) is 81.1 Å². The SMILES string of the molecule is Cl.Nc1nc2ccccc2nc1N1CCCC(N)C1. The number of aromatic nitrogens is 2. The van der Waals surface area contributed by atoms with E-state index < -0.39 is 0 Å². The number of hydrogen-bond acceptors (Lipinski definition) is 5. The molecule has 2 heterocycles. The molecule has 1 aromatic carbocycles. The molecule has 3 rings (SSSR count). The standard InChI is InChI=1S/C13H17N5.ClH/c14-9-4-3-7-18(8-9)13-12(15)16-10-5-1-2-6-11(10)17-13;/h1-2,5-6,9H,3-4,7-8,14H2,(H2,15,16);1H. The summed E-state index contributed by atoms with van der Waals surface area (Å²) in [7, 11) is 0. The first-order valence-electron chi connectivity index (χ1n) is 6.27. The van der Waals surface area contributed by atoms with Crippen molar-refractivity contribution in [3.63, 3.8) is 0 Å². The minimum atomic E-state index is 0. The Balaban J connectivity index is 0.00000133. The van der Waals surface area contributed by atoms with Crippen LogP contribution >= 0.6 is 12.4 Å². The molecule has 1 saturated heterocycles. The average molecular weight is 280 g/mol. The minimum Gasteiger partial charge on any atom is -0.381 e. The van der Waals surface area contributed by atoms with Crippen LogP contribution in [-0.2, 0) is 0 Å². The fourth-order valence-electron chi connectivity index (χ4n) is 2.44. The lowest BCUT2D eigenvalue weighted by atomic mass is 10.1. The van der Waals surface area contributed by atoms with Gasteiger partial charge in [0.15, 0.2) is 11.6 Å². The fourth-order valence-corrected chi connectivity index (χ4v) is 2.44. The monoisotopic (exact) mass is 279 g/mol. The molecule has 102 valence electrons. The van der Waals surface area contributed by atoms with E-state index >= 15 is 0 Å². The second-order valence-corrected chi connectivity index (χ2v) is 4.77. The van der Waals surface area contributed by atoms with E-state index in [0.29, 0.717) is 5.82 Å². The van der Waals surface area contributed by atoms with Crippen LogP contribution in [0.25, 0.3) is 11.0 Å². The van der Waals surface area contributed by atoms with E-state index in [1.54, 1.807) is 0 Å². The van der Waals surface area contributed by atoms with Crippen molar-refractivity contribution in [3.05, 3.63) is 24.3 Å². The summed E-state index contributed by atoms with van der Waals surface area (Å²) in [4.78, 5) is 11.2. The third kappa shape index (κ3) is 2.72. The van der Waals surface area contributed by atoms with E-state index in [9.17, 15) is 0 Å². The van der Waals surface area contributed by atoms with Crippen molar-refractivity contribution in [1.29, 1.82) is 0 Å². The zero-order chi connectivity index (χ0) is 12.5. The number of nitrogens with two attached hydrogens (primary N) is 2. The van der Waals surface area contributed by atoms with Crippen LogP contribution < -0.4 is 16.4 Å². The maximum Gasteiger partial charge on any atom is 0.172 e. The van der Waals surface area contributed by atoms with Crippen LogP contribution in [0.1, 0.15) is 12.8 Å². The smallest absolute Gasteiger partial charge is 0.172 e. The van der Waals surface area contributed by atoms with E-state index in [2.05, 4.69) is 14.9 Å². The fraction of sp³-hybridized carbons (Fsp3) is 0.385. The zero-order valence-electron chi connectivity index (χ0n) is 10.6.